The highest BCUT2D eigenvalue weighted by atomic mass is 35.5. The van der Waals surface area contributed by atoms with Crippen LogP contribution in [-0.4, -0.2) is 32.7 Å². The second kappa shape index (κ2) is 8.33. The van der Waals surface area contributed by atoms with Gasteiger partial charge in [-0.3, -0.25) is 4.79 Å². The Morgan fingerprint density at radius 2 is 1.85 bits per heavy atom. The van der Waals surface area contributed by atoms with E-state index in [1.165, 1.54) is 19.1 Å². The van der Waals surface area contributed by atoms with Crippen molar-refractivity contribution in [2.75, 3.05) is 11.6 Å². The van der Waals surface area contributed by atoms with Gasteiger partial charge in [0.1, 0.15) is 0 Å². The zero-order valence-electron chi connectivity index (χ0n) is 14.2. The van der Waals surface area contributed by atoms with E-state index in [2.05, 4.69) is 5.32 Å². The molecule has 8 heteroatoms. The van der Waals surface area contributed by atoms with E-state index < -0.39 is 27.8 Å². The molecular formula is C18H18ClNO5S. The summed E-state index contributed by atoms with van der Waals surface area (Å²) in [6.45, 7) is 1.43. The lowest BCUT2D eigenvalue weighted by molar-refractivity contribution is -0.123. The van der Waals surface area contributed by atoms with Gasteiger partial charge in [0.2, 0.25) is 0 Å². The molecule has 0 aliphatic rings. The SMILES string of the molecule is C[C@@H](OC(=O)c1cccc(CS(C)(=O)=O)c1)C(=O)Nc1ccccc1Cl. The Morgan fingerprint density at radius 1 is 1.15 bits per heavy atom. The van der Waals surface area contributed by atoms with Crippen molar-refractivity contribution in [1.29, 1.82) is 0 Å². The molecule has 0 aromatic heterocycles. The fourth-order valence-corrected chi connectivity index (χ4v) is 3.14. The Balaban J connectivity index is 2.03. The van der Waals surface area contributed by atoms with Crippen LogP contribution in [0.25, 0.3) is 0 Å². The molecule has 0 saturated heterocycles. The zero-order chi connectivity index (χ0) is 19.3. The second-order valence-electron chi connectivity index (χ2n) is 5.79. The van der Waals surface area contributed by atoms with E-state index in [-0.39, 0.29) is 11.3 Å². The maximum absolute atomic E-state index is 12.2. The van der Waals surface area contributed by atoms with Crippen molar-refractivity contribution in [3.8, 4) is 0 Å². The Labute approximate surface area is 157 Å². The Bertz CT molecular complexity index is 927. The summed E-state index contributed by atoms with van der Waals surface area (Å²) >= 11 is 5.97. The molecule has 0 fully saturated rings. The fraction of sp³-hybridized carbons (Fsp3) is 0.222. The highest BCUT2D eigenvalue weighted by molar-refractivity contribution is 7.89. The molecule has 0 spiro atoms. The normalized spacial score (nSPS) is 12.3. The number of amides is 1. The minimum atomic E-state index is -3.22. The highest BCUT2D eigenvalue weighted by Crippen LogP contribution is 2.21. The smallest absolute Gasteiger partial charge is 0.338 e. The monoisotopic (exact) mass is 395 g/mol. The number of nitrogens with one attached hydrogen (secondary N) is 1. The first-order valence-corrected chi connectivity index (χ1v) is 10.1. The molecule has 0 unspecified atom stereocenters. The molecular weight excluding hydrogens is 378 g/mol. The van der Waals surface area contributed by atoms with Gasteiger partial charge in [0, 0.05) is 6.26 Å². The molecule has 26 heavy (non-hydrogen) atoms. The molecule has 0 heterocycles. The van der Waals surface area contributed by atoms with Crippen LogP contribution in [0.5, 0.6) is 0 Å². The van der Waals surface area contributed by atoms with E-state index >= 15 is 0 Å². The minimum absolute atomic E-state index is 0.170. The van der Waals surface area contributed by atoms with Crippen molar-refractivity contribution >= 4 is 39.0 Å². The average Bonchev–Trinajstić information content (AvgIpc) is 2.55. The summed E-state index contributed by atoms with van der Waals surface area (Å²) in [6.07, 6.45) is 0.0522. The molecule has 138 valence electrons. The third kappa shape index (κ3) is 5.86. The number of carbonyl (C=O) groups is 2. The summed E-state index contributed by atoms with van der Waals surface area (Å²) in [5.74, 6) is -1.43. The average molecular weight is 396 g/mol. The van der Waals surface area contributed by atoms with Crippen LogP contribution in [-0.2, 0) is 25.1 Å². The van der Waals surface area contributed by atoms with Crippen molar-refractivity contribution in [1.82, 2.24) is 0 Å². The first-order chi connectivity index (χ1) is 12.2. The van der Waals surface area contributed by atoms with Crippen molar-refractivity contribution < 1.29 is 22.7 Å². The summed E-state index contributed by atoms with van der Waals surface area (Å²) in [6, 6.07) is 12.8. The van der Waals surface area contributed by atoms with Crippen LogP contribution < -0.4 is 5.32 Å². The number of esters is 1. The molecule has 0 aliphatic heterocycles. The molecule has 0 saturated carbocycles. The minimum Gasteiger partial charge on any atom is -0.449 e. The molecule has 2 rings (SSSR count). The summed E-state index contributed by atoms with van der Waals surface area (Å²) < 4.78 is 27.9. The van der Waals surface area contributed by atoms with Crippen LogP contribution in [0.3, 0.4) is 0 Å². The van der Waals surface area contributed by atoms with Gasteiger partial charge in [-0.05, 0) is 36.8 Å². The number of benzene rings is 2. The fourth-order valence-electron chi connectivity index (χ4n) is 2.17. The van der Waals surface area contributed by atoms with Crippen LogP contribution in [0, 0.1) is 0 Å². The molecule has 2 aromatic carbocycles. The van der Waals surface area contributed by atoms with Crippen molar-refractivity contribution in [2.24, 2.45) is 0 Å². The van der Waals surface area contributed by atoms with Crippen molar-refractivity contribution in [3.63, 3.8) is 0 Å². The molecule has 1 atom stereocenters. The largest absolute Gasteiger partial charge is 0.449 e. The van der Waals surface area contributed by atoms with E-state index in [4.69, 9.17) is 16.3 Å². The van der Waals surface area contributed by atoms with Gasteiger partial charge in [0.15, 0.2) is 15.9 Å². The standard InChI is InChI=1S/C18H18ClNO5S/c1-12(17(21)20-16-9-4-3-8-15(16)19)25-18(22)14-7-5-6-13(10-14)11-26(2,23)24/h3-10,12H,11H2,1-2H3,(H,20,21)/t12-/m1/s1. The van der Waals surface area contributed by atoms with E-state index in [9.17, 15) is 18.0 Å². The molecule has 0 aliphatic carbocycles. The molecule has 0 radical (unpaired) electrons. The predicted octanol–water partition coefficient (Wildman–Crippen LogP) is 3.07. The lowest BCUT2D eigenvalue weighted by Crippen LogP contribution is -2.30. The number of para-hydroxylation sites is 1. The lowest BCUT2D eigenvalue weighted by atomic mass is 10.1. The Kier molecular flexibility index (Phi) is 6.39. The van der Waals surface area contributed by atoms with Gasteiger partial charge in [-0.25, -0.2) is 13.2 Å². The van der Waals surface area contributed by atoms with E-state index in [0.717, 1.165) is 6.26 Å². The number of halogens is 1. The van der Waals surface area contributed by atoms with Gasteiger partial charge in [0.05, 0.1) is 22.0 Å². The van der Waals surface area contributed by atoms with Gasteiger partial charge in [-0.2, -0.15) is 0 Å². The van der Waals surface area contributed by atoms with Gasteiger partial charge in [0.25, 0.3) is 5.91 Å². The summed E-state index contributed by atoms with van der Waals surface area (Å²) in [5, 5.41) is 2.95. The van der Waals surface area contributed by atoms with E-state index in [0.29, 0.717) is 16.3 Å². The number of hydrogen-bond acceptors (Lipinski definition) is 5. The first kappa shape index (κ1) is 19.9. The third-order valence-corrected chi connectivity index (χ3v) is 4.56. The maximum Gasteiger partial charge on any atom is 0.338 e. The van der Waals surface area contributed by atoms with Crippen LogP contribution >= 0.6 is 11.6 Å². The van der Waals surface area contributed by atoms with Gasteiger partial charge < -0.3 is 10.1 Å². The topological polar surface area (TPSA) is 89.5 Å². The molecule has 1 N–H and O–H groups in total. The number of hydrogen-bond donors (Lipinski definition) is 1. The molecule has 2 aromatic rings. The predicted molar refractivity (Wildman–Crippen MR) is 99.9 cm³/mol. The van der Waals surface area contributed by atoms with Gasteiger partial charge in [-0.1, -0.05) is 35.9 Å². The summed E-state index contributed by atoms with van der Waals surface area (Å²) in [7, 11) is -3.22. The van der Waals surface area contributed by atoms with Crippen molar-refractivity contribution in [2.45, 2.75) is 18.8 Å². The van der Waals surface area contributed by atoms with Crippen LogP contribution in [0.1, 0.15) is 22.8 Å². The molecule has 0 bridgehead atoms. The van der Waals surface area contributed by atoms with E-state index in [1.807, 2.05) is 0 Å². The Morgan fingerprint density at radius 3 is 2.50 bits per heavy atom. The number of anilines is 1. The first-order valence-electron chi connectivity index (χ1n) is 7.69. The molecule has 6 nitrogen and oxygen atoms in total. The van der Waals surface area contributed by atoms with Gasteiger partial charge in [-0.15, -0.1) is 0 Å². The molecule has 1 amide bonds. The third-order valence-electron chi connectivity index (χ3n) is 3.38. The zero-order valence-corrected chi connectivity index (χ0v) is 15.8. The van der Waals surface area contributed by atoms with Crippen LogP contribution in [0.2, 0.25) is 5.02 Å². The summed E-state index contributed by atoms with van der Waals surface area (Å²) in [4.78, 5) is 24.4. The second-order valence-corrected chi connectivity index (χ2v) is 8.33. The quantitative estimate of drug-likeness (QED) is 0.759. The number of rotatable bonds is 6. The van der Waals surface area contributed by atoms with Crippen molar-refractivity contribution in [3.05, 3.63) is 64.7 Å². The number of sulfone groups is 1. The maximum atomic E-state index is 12.2. The lowest BCUT2D eigenvalue weighted by Gasteiger charge is -2.14. The van der Waals surface area contributed by atoms with E-state index in [1.54, 1.807) is 36.4 Å². The van der Waals surface area contributed by atoms with Crippen LogP contribution in [0.15, 0.2) is 48.5 Å². The number of ether oxygens (including phenoxy) is 1. The van der Waals surface area contributed by atoms with Crippen LogP contribution in [0.4, 0.5) is 5.69 Å². The number of carbonyl (C=O) groups excluding carboxylic acids is 2. The highest BCUT2D eigenvalue weighted by Gasteiger charge is 2.20. The Hall–Kier alpha value is -2.38. The summed E-state index contributed by atoms with van der Waals surface area (Å²) in [5.41, 5.74) is 1.05. The van der Waals surface area contributed by atoms with Gasteiger partial charge >= 0.3 is 5.97 Å².